The Morgan fingerprint density at radius 3 is 2.38 bits per heavy atom. The maximum Gasteiger partial charge on any atom is 0.127 e. The molecule has 5 heteroatoms. The minimum atomic E-state index is -0.130. The van der Waals surface area contributed by atoms with Crippen LogP contribution in [0.1, 0.15) is 41.2 Å². The summed E-state index contributed by atoms with van der Waals surface area (Å²) >= 11 is 0. The van der Waals surface area contributed by atoms with E-state index in [1.165, 1.54) is 5.56 Å². The van der Waals surface area contributed by atoms with Crippen molar-refractivity contribution < 1.29 is 14.6 Å². The van der Waals surface area contributed by atoms with Crippen LogP contribution in [0.4, 0.5) is 0 Å². The summed E-state index contributed by atoms with van der Waals surface area (Å²) < 4.78 is 12.4. The first-order valence-electron chi connectivity index (χ1n) is 12.3. The van der Waals surface area contributed by atoms with E-state index in [1.54, 1.807) is 0 Å². The van der Waals surface area contributed by atoms with Crippen molar-refractivity contribution in [2.75, 3.05) is 19.6 Å². The Morgan fingerprint density at radius 1 is 0.971 bits per heavy atom. The summed E-state index contributed by atoms with van der Waals surface area (Å²) in [6.07, 6.45) is 2.95. The summed E-state index contributed by atoms with van der Waals surface area (Å²) in [5.74, 6) is 2.61. The molecular formula is C29H34N2O3. The number of fused-ring (bicyclic) bond motifs is 1. The van der Waals surface area contributed by atoms with E-state index < -0.39 is 0 Å². The van der Waals surface area contributed by atoms with Crippen molar-refractivity contribution in [2.24, 2.45) is 11.7 Å². The SMILES string of the molecule is Cc1ccc2c(c1O)C[C@@H](C1CCN(Cc3ccc(Oc4ccccc4)cc3)CC1)O[C@H]2CN. The van der Waals surface area contributed by atoms with Crippen LogP contribution in [-0.4, -0.2) is 35.7 Å². The maximum absolute atomic E-state index is 10.7. The molecule has 0 bridgehead atoms. The number of para-hydroxylation sites is 1. The highest BCUT2D eigenvalue weighted by Crippen LogP contribution is 2.40. The predicted octanol–water partition coefficient (Wildman–Crippen LogP) is 5.35. The van der Waals surface area contributed by atoms with Crippen molar-refractivity contribution in [1.29, 1.82) is 0 Å². The van der Waals surface area contributed by atoms with Gasteiger partial charge < -0.3 is 20.3 Å². The van der Waals surface area contributed by atoms with Crippen LogP contribution in [-0.2, 0) is 17.7 Å². The Labute approximate surface area is 202 Å². The Hall–Kier alpha value is -2.86. The zero-order valence-corrected chi connectivity index (χ0v) is 19.8. The number of piperidine rings is 1. The second-order valence-corrected chi connectivity index (χ2v) is 9.57. The highest BCUT2D eigenvalue weighted by molar-refractivity contribution is 5.47. The van der Waals surface area contributed by atoms with Gasteiger partial charge in [0, 0.05) is 25.1 Å². The average molecular weight is 459 g/mol. The first kappa shape index (κ1) is 22.9. The number of hydrogen-bond donors (Lipinski definition) is 2. The third kappa shape index (κ3) is 4.97. The van der Waals surface area contributed by atoms with Gasteiger partial charge in [0.2, 0.25) is 0 Å². The molecule has 5 nitrogen and oxygen atoms in total. The van der Waals surface area contributed by atoms with E-state index in [0.29, 0.717) is 18.2 Å². The van der Waals surface area contributed by atoms with Crippen LogP contribution >= 0.6 is 0 Å². The highest BCUT2D eigenvalue weighted by atomic mass is 16.5. The number of nitrogens with two attached hydrogens (primary N) is 1. The number of nitrogens with zero attached hydrogens (tertiary/aromatic N) is 1. The second kappa shape index (κ2) is 10.2. The number of hydrogen-bond acceptors (Lipinski definition) is 5. The lowest BCUT2D eigenvalue weighted by atomic mass is 9.83. The fraction of sp³-hybridized carbons (Fsp3) is 0.379. The van der Waals surface area contributed by atoms with Gasteiger partial charge in [-0.1, -0.05) is 42.5 Å². The monoisotopic (exact) mass is 458 g/mol. The molecule has 34 heavy (non-hydrogen) atoms. The molecule has 2 heterocycles. The van der Waals surface area contributed by atoms with Crippen molar-refractivity contribution in [1.82, 2.24) is 4.90 Å². The van der Waals surface area contributed by atoms with Gasteiger partial charge in [-0.3, -0.25) is 4.90 Å². The molecule has 0 spiro atoms. The van der Waals surface area contributed by atoms with Crippen LogP contribution in [0.15, 0.2) is 66.7 Å². The fourth-order valence-electron chi connectivity index (χ4n) is 5.31. The molecule has 3 aromatic carbocycles. The van der Waals surface area contributed by atoms with E-state index in [4.69, 9.17) is 15.2 Å². The van der Waals surface area contributed by atoms with Crippen molar-refractivity contribution >= 4 is 0 Å². The standard InChI is InChI=1S/C29H34N2O3/c1-20-7-12-25-26(29(20)32)17-27(34-28(25)18-30)22-13-15-31(16-14-22)19-21-8-10-24(11-9-21)33-23-5-3-2-4-6-23/h2-12,22,27-28,32H,13-19,30H2,1H3/t27-,28-/m0/s1. The molecule has 0 aliphatic carbocycles. The lowest BCUT2D eigenvalue weighted by molar-refractivity contribution is -0.0651. The Bertz CT molecular complexity index is 1090. The number of aromatic hydroxyl groups is 1. The lowest BCUT2D eigenvalue weighted by Gasteiger charge is -2.40. The molecule has 2 atom stereocenters. The zero-order valence-electron chi connectivity index (χ0n) is 19.8. The molecule has 178 valence electrons. The predicted molar refractivity (Wildman–Crippen MR) is 134 cm³/mol. The number of ether oxygens (including phenoxy) is 2. The third-order valence-electron chi connectivity index (χ3n) is 7.29. The van der Waals surface area contributed by atoms with Crippen molar-refractivity contribution in [2.45, 2.75) is 44.9 Å². The van der Waals surface area contributed by atoms with E-state index in [2.05, 4.69) is 23.1 Å². The van der Waals surface area contributed by atoms with Gasteiger partial charge in [-0.2, -0.15) is 0 Å². The molecule has 3 N–H and O–H groups in total. The Kier molecular flexibility index (Phi) is 6.86. The molecular weight excluding hydrogens is 424 g/mol. The van der Waals surface area contributed by atoms with Crippen LogP contribution in [0.2, 0.25) is 0 Å². The number of phenolic OH excluding ortho intramolecular Hbond substituents is 1. The number of benzene rings is 3. The molecule has 0 saturated carbocycles. The summed E-state index contributed by atoms with van der Waals surface area (Å²) in [5.41, 5.74) is 10.3. The summed E-state index contributed by atoms with van der Waals surface area (Å²) in [5, 5.41) is 10.7. The molecule has 0 amide bonds. The van der Waals surface area contributed by atoms with Crippen LogP contribution in [0.3, 0.4) is 0 Å². The summed E-state index contributed by atoms with van der Waals surface area (Å²) in [4.78, 5) is 2.52. The van der Waals surface area contributed by atoms with E-state index in [9.17, 15) is 5.11 Å². The molecule has 0 unspecified atom stereocenters. The molecule has 0 radical (unpaired) electrons. The largest absolute Gasteiger partial charge is 0.507 e. The van der Waals surface area contributed by atoms with E-state index in [0.717, 1.165) is 67.1 Å². The highest BCUT2D eigenvalue weighted by Gasteiger charge is 2.35. The molecule has 1 fully saturated rings. The van der Waals surface area contributed by atoms with Gasteiger partial charge in [-0.05, 0) is 79.7 Å². The van der Waals surface area contributed by atoms with Gasteiger partial charge in [0.15, 0.2) is 0 Å². The van der Waals surface area contributed by atoms with Crippen LogP contribution in [0.5, 0.6) is 17.2 Å². The van der Waals surface area contributed by atoms with Gasteiger partial charge in [0.1, 0.15) is 17.2 Å². The first-order valence-corrected chi connectivity index (χ1v) is 12.3. The Morgan fingerprint density at radius 2 is 1.68 bits per heavy atom. The van der Waals surface area contributed by atoms with Crippen LogP contribution < -0.4 is 10.5 Å². The molecule has 5 rings (SSSR count). The van der Waals surface area contributed by atoms with Gasteiger partial charge in [0.05, 0.1) is 12.2 Å². The first-order chi connectivity index (χ1) is 16.6. The molecule has 1 saturated heterocycles. The fourth-order valence-corrected chi connectivity index (χ4v) is 5.31. The van der Waals surface area contributed by atoms with Crippen LogP contribution in [0.25, 0.3) is 0 Å². The minimum Gasteiger partial charge on any atom is -0.507 e. The lowest BCUT2D eigenvalue weighted by Crippen LogP contribution is -2.41. The normalized spacial score (nSPS) is 21.2. The number of rotatable bonds is 6. The quantitative estimate of drug-likeness (QED) is 0.521. The zero-order chi connectivity index (χ0) is 23.5. The topological polar surface area (TPSA) is 68.0 Å². The summed E-state index contributed by atoms with van der Waals surface area (Å²) in [6.45, 7) is 5.43. The van der Waals surface area contributed by atoms with Gasteiger partial charge in [-0.15, -0.1) is 0 Å². The Balaban J connectivity index is 1.16. The second-order valence-electron chi connectivity index (χ2n) is 9.57. The van der Waals surface area contributed by atoms with Crippen molar-refractivity contribution in [3.05, 3.63) is 89.0 Å². The van der Waals surface area contributed by atoms with Gasteiger partial charge in [0.25, 0.3) is 0 Å². The van der Waals surface area contributed by atoms with Gasteiger partial charge in [-0.25, -0.2) is 0 Å². The minimum absolute atomic E-state index is 0.116. The summed E-state index contributed by atoms with van der Waals surface area (Å²) in [6, 6.07) is 22.3. The molecule has 2 aliphatic heterocycles. The number of likely N-dealkylation sites (tertiary alicyclic amines) is 1. The third-order valence-corrected chi connectivity index (χ3v) is 7.29. The smallest absolute Gasteiger partial charge is 0.127 e. The average Bonchev–Trinajstić information content (AvgIpc) is 2.88. The summed E-state index contributed by atoms with van der Waals surface area (Å²) in [7, 11) is 0. The maximum atomic E-state index is 10.7. The van der Waals surface area contributed by atoms with E-state index >= 15 is 0 Å². The molecule has 3 aromatic rings. The number of phenols is 1. The molecule has 0 aromatic heterocycles. The molecule has 2 aliphatic rings. The van der Waals surface area contributed by atoms with Gasteiger partial charge >= 0.3 is 0 Å². The van der Waals surface area contributed by atoms with Crippen molar-refractivity contribution in [3.8, 4) is 17.2 Å². The number of aryl methyl sites for hydroxylation is 1. The van der Waals surface area contributed by atoms with Crippen molar-refractivity contribution in [3.63, 3.8) is 0 Å². The van der Waals surface area contributed by atoms with E-state index in [-0.39, 0.29) is 12.2 Å². The van der Waals surface area contributed by atoms with E-state index in [1.807, 2.05) is 55.5 Å². The van der Waals surface area contributed by atoms with Crippen LogP contribution in [0, 0.1) is 12.8 Å².